The lowest BCUT2D eigenvalue weighted by molar-refractivity contribution is 0.293. The van der Waals surface area contributed by atoms with Crippen molar-refractivity contribution in [2.45, 2.75) is 40.2 Å². The third-order valence-corrected chi connectivity index (χ3v) is 4.05. The van der Waals surface area contributed by atoms with Crippen molar-refractivity contribution in [1.82, 2.24) is 14.9 Å². The first-order valence-electron chi connectivity index (χ1n) is 6.84. The highest BCUT2D eigenvalue weighted by Crippen LogP contribution is 1.90. The summed E-state index contributed by atoms with van der Waals surface area (Å²) in [6.07, 6.45) is 1.10. The van der Waals surface area contributed by atoms with Crippen LogP contribution in [0.3, 0.4) is 0 Å². The van der Waals surface area contributed by atoms with Crippen LogP contribution in [-0.2, 0) is 10.0 Å². The van der Waals surface area contributed by atoms with E-state index in [1.165, 1.54) is 0 Å². The van der Waals surface area contributed by atoms with Gasteiger partial charge in [-0.15, -0.1) is 0 Å². The van der Waals surface area contributed by atoms with E-state index in [4.69, 9.17) is 0 Å². The standard InChI is InChI=1S/C12H29N3O2S/c1-5-9-15(6-2)10-7-14-18(16,17)11-8-13-12(3)4/h12-14H,5-11H2,1-4H3. The molecular weight excluding hydrogens is 250 g/mol. The fourth-order valence-electron chi connectivity index (χ4n) is 1.66. The van der Waals surface area contributed by atoms with E-state index in [0.29, 0.717) is 19.1 Å². The van der Waals surface area contributed by atoms with Gasteiger partial charge in [0.05, 0.1) is 5.75 Å². The van der Waals surface area contributed by atoms with Gasteiger partial charge in [-0.25, -0.2) is 13.1 Å². The van der Waals surface area contributed by atoms with Crippen LogP contribution in [0, 0.1) is 0 Å². The monoisotopic (exact) mass is 279 g/mol. The van der Waals surface area contributed by atoms with E-state index in [9.17, 15) is 8.42 Å². The Morgan fingerprint density at radius 3 is 2.28 bits per heavy atom. The molecule has 0 fully saturated rings. The smallest absolute Gasteiger partial charge is 0.212 e. The molecule has 0 bridgehead atoms. The summed E-state index contributed by atoms with van der Waals surface area (Å²) in [5.41, 5.74) is 0. The minimum atomic E-state index is -3.14. The molecule has 0 amide bonds. The lowest BCUT2D eigenvalue weighted by atomic mass is 10.4. The van der Waals surface area contributed by atoms with Crippen LogP contribution in [0.2, 0.25) is 0 Å². The molecule has 0 aliphatic rings. The molecule has 0 radical (unpaired) electrons. The normalized spacial score (nSPS) is 12.6. The first kappa shape index (κ1) is 17.8. The van der Waals surface area contributed by atoms with Crippen molar-refractivity contribution in [2.24, 2.45) is 0 Å². The summed E-state index contributed by atoms with van der Waals surface area (Å²) in [4.78, 5) is 2.24. The Morgan fingerprint density at radius 1 is 1.11 bits per heavy atom. The molecule has 110 valence electrons. The molecule has 0 saturated carbocycles. The van der Waals surface area contributed by atoms with Gasteiger partial charge in [0.1, 0.15) is 0 Å². The molecule has 0 aromatic carbocycles. The molecule has 18 heavy (non-hydrogen) atoms. The number of hydrogen-bond donors (Lipinski definition) is 2. The van der Waals surface area contributed by atoms with E-state index in [-0.39, 0.29) is 5.75 Å². The fraction of sp³-hybridized carbons (Fsp3) is 1.00. The summed E-state index contributed by atoms with van der Waals surface area (Å²) < 4.78 is 26.0. The van der Waals surface area contributed by atoms with Gasteiger partial charge in [-0.2, -0.15) is 0 Å². The number of likely N-dealkylation sites (N-methyl/N-ethyl adjacent to an activating group) is 1. The third kappa shape index (κ3) is 9.82. The van der Waals surface area contributed by atoms with Crippen LogP contribution in [-0.4, -0.2) is 57.8 Å². The lowest BCUT2D eigenvalue weighted by Crippen LogP contribution is -2.38. The molecule has 0 spiro atoms. The molecule has 2 N–H and O–H groups in total. The van der Waals surface area contributed by atoms with E-state index < -0.39 is 10.0 Å². The highest BCUT2D eigenvalue weighted by Gasteiger charge is 2.10. The Labute approximate surface area is 112 Å². The van der Waals surface area contributed by atoms with Crippen molar-refractivity contribution >= 4 is 10.0 Å². The zero-order valence-electron chi connectivity index (χ0n) is 12.2. The number of hydrogen-bond acceptors (Lipinski definition) is 4. The van der Waals surface area contributed by atoms with Gasteiger partial charge in [-0.05, 0) is 19.5 Å². The first-order valence-corrected chi connectivity index (χ1v) is 8.49. The Morgan fingerprint density at radius 2 is 1.78 bits per heavy atom. The van der Waals surface area contributed by atoms with Crippen LogP contribution < -0.4 is 10.0 Å². The molecule has 6 heteroatoms. The molecule has 0 saturated heterocycles. The van der Waals surface area contributed by atoms with Gasteiger partial charge in [0.25, 0.3) is 0 Å². The van der Waals surface area contributed by atoms with E-state index in [2.05, 4.69) is 28.8 Å². The highest BCUT2D eigenvalue weighted by atomic mass is 32.2. The van der Waals surface area contributed by atoms with Crippen LogP contribution in [0.25, 0.3) is 0 Å². The van der Waals surface area contributed by atoms with E-state index in [1.807, 2.05) is 13.8 Å². The number of nitrogens with zero attached hydrogens (tertiary/aromatic N) is 1. The van der Waals surface area contributed by atoms with Crippen molar-refractivity contribution < 1.29 is 8.42 Å². The maximum atomic E-state index is 11.7. The maximum absolute atomic E-state index is 11.7. The lowest BCUT2D eigenvalue weighted by Gasteiger charge is -2.19. The molecule has 0 unspecified atom stereocenters. The fourth-order valence-corrected chi connectivity index (χ4v) is 2.59. The molecule has 0 atom stereocenters. The van der Waals surface area contributed by atoms with Crippen molar-refractivity contribution in [1.29, 1.82) is 0 Å². The number of rotatable bonds is 11. The largest absolute Gasteiger partial charge is 0.313 e. The van der Waals surface area contributed by atoms with Gasteiger partial charge in [0.2, 0.25) is 10.0 Å². The van der Waals surface area contributed by atoms with Crippen LogP contribution in [0.15, 0.2) is 0 Å². The van der Waals surface area contributed by atoms with Gasteiger partial charge in [0, 0.05) is 25.7 Å². The van der Waals surface area contributed by atoms with Gasteiger partial charge in [0.15, 0.2) is 0 Å². The topological polar surface area (TPSA) is 61.4 Å². The Hall–Kier alpha value is -0.170. The van der Waals surface area contributed by atoms with Crippen LogP contribution in [0.1, 0.15) is 34.1 Å². The Bertz CT molecular complexity index is 292. The minimum absolute atomic E-state index is 0.144. The molecule has 0 heterocycles. The van der Waals surface area contributed by atoms with Crippen LogP contribution in [0.4, 0.5) is 0 Å². The Balaban J connectivity index is 3.82. The van der Waals surface area contributed by atoms with Gasteiger partial charge >= 0.3 is 0 Å². The second-order valence-corrected chi connectivity index (χ2v) is 6.68. The minimum Gasteiger partial charge on any atom is -0.313 e. The summed E-state index contributed by atoms with van der Waals surface area (Å²) >= 11 is 0. The molecule has 0 aliphatic heterocycles. The number of sulfonamides is 1. The predicted molar refractivity (Wildman–Crippen MR) is 77.3 cm³/mol. The van der Waals surface area contributed by atoms with Crippen molar-refractivity contribution in [2.75, 3.05) is 38.5 Å². The quantitative estimate of drug-likeness (QED) is 0.582. The summed E-state index contributed by atoms with van der Waals surface area (Å²) in [6, 6.07) is 0.320. The van der Waals surface area contributed by atoms with Gasteiger partial charge in [-0.3, -0.25) is 0 Å². The maximum Gasteiger partial charge on any atom is 0.212 e. The summed E-state index contributed by atoms with van der Waals surface area (Å²) in [5.74, 6) is 0.144. The Kier molecular flexibility index (Phi) is 9.63. The molecule has 5 nitrogen and oxygen atoms in total. The highest BCUT2D eigenvalue weighted by molar-refractivity contribution is 7.89. The zero-order chi connectivity index (χ0) is 14.0. The third-order valence-electron chi connectivity index (χ3n) is 2.66. The SMILES string of the molecule is CCCN(CC)CCNS(=O)(=O)CCNC(C)C. The van der Waals surface area contributed by atoms with Crippen LogP contribution >= 0.6 is 0 Å². The molecule has 0 aromatic rings. The van der Waals surface area contributed by atoms with Gasteiger partial charge in [-0.1, -0.05) is 27.7 Å². The van der Waals surface area contributed by atoms with E-state index in [1.54, 1.807) is 0 Å². The summed E-state index contributed by atoms with van der Waals surface area (Å²) in [5, 5.41) is 3.10. The first-order chi connectivity index (χ1) is 8.41. The zero-order valence-corrected chi connectivity index (χ0v) is 13.0. The van der Waals surface area contributed by atoms with Crippen LogP contribution in [0.5, 0.6) is 0 Å². The van der Waals surface area contributed by atoms with Crippen molar-refractivity contribution in [3.63, 3.8) is 0 Å². The molecule has 0 aromatic heterocycles. The average Bonchev–Trinajstić information content (AvgIpc) is 2.26. The van der Waals surface area contributed by atoms with Crippen molar-refractivity contribution in [3.05, 3.63) is 0 Å². The average molecular weight is 279 g/mol. The second kappa shape index (κ2) is 9.72. The molecule has 0 aliphatic carbocycles. The van der Waals surface area contributed by atoms with Gasteiger partial charge < -0.3 is 10.2 Å². The summed E-state index contributed by atoms with van der Waals surface area (Å²) in [6.45, 7) is 12.0. The second-order valence-electron chi connectivity index (χ2n) is 4.76. The number of nitrogens with one attached hydrogen (secondary N) is 2. The molecular formula is C12H29N3O2S. The summed E-state index contributed by atoms with van der Waals surface area (Å²) in [7, 11) is -3.14. The van der Waals surface area contributed by atoms with Crippen molar-refractivity contribution in [3.8, 4) is 0 Å². The van der Waals surface area contributed by atoms with E-state index >= 15 is 0 Å². The van der Waals surface area contributed by atoms with E-state index in [0.717, 1.165) is 26.1 Å². The predicted octanol–water partition coefficient (Wildman–Crippen LogP) is 0.636. The molecule has 0 rings (SSSR count).